The van der Waals surface area contributed by atoms with Crippen molar-refractivity contribution in [3.05, 3.63) is 70.1 Å². The van der Waals surface area contributed by atoms with E-state index in [-0.39, 0.29) is 34.8 Å². The maximum Gasteiger partial charge on any atom is 0.292 e. The van der Waals surface area contributed by atoms with E-state index in [2.05, 4.69) is 15.5 Å². The van der Waals surface area contributed by atoms with Crippen LogP contribution in [0.15, 0.2) is 58.2 Å². The summed E-state index contributed by atoms with van der Waals surface area (Å²) in [6.45, 7) is 2.07. The fourth-order valence-electron chi connectivity index (χ4n) is 2.26. The molecule has 28 heavy (non-hydrogen) atoms. The quantitative estimate of drug-likeness (QED) is 0.346. The minimum absolute atomic E-state index is 0.0353. The minimum Gasteiger partial charge on any atom is -0.484 e. The molecule has 1 heterocycles. The molecule has 0 spiro atoms. The Kier molecular flexibility index (Phi) is 6.22. The van der Waals surface area contributed by atoms with Crippen LogP contribution in [0.5, 0.6) is 5.75 Å². The molecule has 0 fully saturated rings. The van der Waals surface area contributed by atoms with Crippen molar-refractivity contribution in [2.24, 2.45) is 0 Å². The van der Waals surface area contributed by atoms with E-state index in [1.165, 1.54) is 18.2 Å². The zero-order chi connectivity index (χ0) is 19.9. The van der Waals surface area contributed by atoms with E-state index in [9.17, 15) is 14.9 Å². The number of para-hydroxylation sites is 2. The fourth-order valence-corrected chi connectivity index (χ4v) is 2.84. The second-order valence-corrected chi connectivity index (χ2v) is 6.60. The molecule has 0 bridgehead atoms. The summed E-state index contributed by atoms with van der Waals surface area (Å²) in [6, 6.07) is 13.5. The van der Waals surface area contributed by atoms with Crippen LogP contribution in [0, 0.1) is 17.0 Å². The number of amides is 1. The van der Waals surface area contributed by atoms with Crippen molar-refractivity contribution in [1.29, 1.82) is 0 Å². The molecule has 0 aliphatic carbocycles. The predicted molar refractivity (Wildman–Crippen MR) is 102 cm³/mol. The number of nitrogens with one attached hydrogen (secondary N) is 1. The van der Waals surface area contributed by atoms with Crippen LogP contribution in [-0.2, 0) is 11.4 Å². The standard InChI is InChI=1S/C18H16N4O5S/c1-12-5-4-6-13(9-12)26-10-17-20-21-18(27-17)28-11-16(23)19-14-7-2-3-8-15(14)22(24)25/h2-9H,10-11H2,1H3,(H,19,23). The SMILES string of the molecule is Cc1cccc(OCc2nnc(SCC(=O)Nc3ccccc3[N+](=O)[O-])o2)c1. The number of nitrogens with zero attached hydrogens (tertiary/aromatic N) is 3. The Balaban J connectivity index is 1.50. The Morgan fingerprint density at radius 2 is 2.07 bits per heavy atom. The highest BCUT2D eigenvalue weighted by Crippen LogP contribution is 2.24. The van der Waals surface area contributed by atoms with Crippen molar-refractivity contribution >= 4 is 29.0 Å². The van der Waals surface area contributed by atoms with Gasteiger partial charge in [0.2, 0.25) is 5.91 Å². The number of thioether (sulfide) groups is 1. The normalized spacial score (nSPS) is 10.5. The molecular weight excluding hydrogens is 384 g/mol. The molecule has 1 N–H and O–H groups in total. The average Bonchev–Trinajstić information content (AvgIpc) is 3.13. The monoisotopic (exact) mass is 400 g/mol. The van der Waals surface area contributed by atoms with E-state index in [1.807, 2.05) is 31.2 Å². The van der Waals surface area contributed by atoms with E-state index in [0.717, 1.165) is 17.3 Å². The molecule has 0 radical (unpaired) electrons. The second kappa shape index (κ2) is 9.00. The van der Waals surface area contributed by atoms with E-state index in [1.54, 1.807) is 6.07 Å². The van der Waals surface area contributed by atoms with Gasteiger partial charge in [0.05, 0.1) is 10.7 Å². The number of carbonyl (C=O) groups is 1. The summed E-state index contributed by atoms with van der Waals surface area (Å²) in [6.07, 6.45) is 0. The van der Waals surface area contributed by atoms with Gasteiger partial charge < -0.3 is 14.5 Å². The van der Waals surface area contributed by atoms with Gasteiger partial charge in [-0.3, -0.25) is 14.9 Å². The van der Waals surface area contributed by atoms with Crippen LogP contribution in [0.3, 0.4) is 0 Å². The van der Waals surface area contributed by atoms with Crippen molar-refractivity contribution in [3.63, 3.8) is 0 Å². The predicted octanol–water partition coefficient (Wildman–Crippen LogP) is 3.60. The van der Waals surface area contributed by atoms with E-state index in [0.29, 0.717) is 5.75 Å². The molecule has 1 aromatic heterocycles. The third kappa shape index (κ3) is 5.30. The van der Waals surface area contributed by atoms with Gasteiger partial charge in [0.1, 0.15) is 11.4 Å². The summed E-state index contributed by atoms with van der Waals surface area (Å²) < 4.78 is 11.0. The van der Waals surface area contributed by atoms with Gasteiger partial charge in [0, 0.05) is 6.07 Å². The molecule has 1 amide bonds. The van der Waals surface area contributed by atoms with Gasteiger partial charge in [0.15, 0.2) is 6.61 Å². The minimum atomic E-state index is -0.554. The van der Waals surface area contributed by atoms with E-state index in [4.69, 9.17) is 9.15 Å². The van der Waals surface area contributed by atoms with Crippen LogP contribution in [0.1, 0.15) is 11.5 Å². The Morgan fingerprint density at radius 1 is 1.25 bits per heavy atom. The third-order valence-electron chi connectivity index (χ3n) is 3.50. The first-order valence-electron chi connectivity index (χ1n) is 8.19. The van der Waals surface area contributed by atoms with Gasteiger partial charge in [-0.1, -0.05) is 36.0 Å². The van der Waals surface area contributed by atoms with Gasteiger partial charge in [-0.05, 0) is 30.7 Å². The summed E-state index contributed by atoms with van der Waals surface area (Å²) in [4.78, 5) is 22.5. The molecule has 2 aromatic carbocycles. The lowest BCUT2D eigenvalue weighted by Crippen LogP contribution is -2.15. The Morgan fingerprint density at radius 3 is 2.86 bits per heavy atom. The lowest BCUT2D eigenvalue weighted by atomic mass is 10.2. The largest absolute Gasteiger partial charge is 0.484 e. The van der Waals surface area contributed by atoms with Crippen LogP contribution in [0.2, 0.25) is 0 Å². The fraction of sp³-hybridized carbons (Fsp3) is 0.167. The number of hydrogen-bond acceptors (Lipinski definition) is 8. The number of rotatable bonds is 8. The van der Waals surface area contributed by atoms with Gasteiger partial charge in [-0.15, -0.1) is 10.2 Å². The average molecular weight is 400 g/mol. The topological polar surface area (TPSA) is 120 Å². The molecule has 3 rings (SSSR count). The smallest absolute Gasteiger partial charge is 0.292 e. The van der Waals surface area contributed by atoms with E-state index < -0.39 is 10.8 Å². The van der Waals surface area contributed by atoms with Crippen molar-refractivity contribution in [2.45, 2.75) is 18.8 Å². The number of benzene rings is 2. The Labute approximate surface area is 164 Å². The number of aryl methyl sites for hydroxylation is 1. The number of ether oxygens (including phenoxy) is 1. The van der Waals surface area contributed by atoms with Gasteiger partial charge in [-0.2, -0.15) is 0 Å². The number of nitro groups is 1. The number of hydrogen-bond donors (Lipinski definition) is 1. The number of aromatic nitrogens is 2. The molecule has 9 nitrogen and oxygen atoms in total. The van der Waals surface area contributed by atoms with Gasteiger partial charge in [-0.25, -0.2) is 0 Å². The Bertz CT molecular complexity index is 991. The zero-order valence-electron chi connectivity index (χ0n) is 14.8. The summed E-state index contributed by atoms with van der Waals surface area (Å²) in [5.41, 5.74) is 1.04. The van der Waals surface area contributed by atoms with Gasteiger partial charge >= 0.3 is 0 Å². The van der Waals surface area contributed by atoms with E-state index >= 15 is 0 Å². The molecule has 0 saturated carbocycles. The van der Waals surface area contributed by atoms with Crippen LogP contribution < -0.4 is 10.1 Å². The lowest BCUT2D eigenvalue weighted by molar-refractivity contribution is -0.383. The zero-order valence-corrected chi connectivity index (χ0v) is 15.6. The van der Waals surface area contributed by atoms with Crippen molar-refractivity contribution < 1.29 is 18.9 Å². The summed E-state index contributed by atoms with van der Waals surface area (Å²) >= 11 is 1.03. The Hall–Kier alpha value is -3.40. The summed E-state index contributed by atoms with van der Waals surface area (Å²) in [5, 5.41) is 21.4. The molecular formula is C18H16N4O5S. The molecule has 10 heteroatoms. The van der Waals surface area contributed by atoms with Gasteiger partial charge in [0.25, 0.3) is 16.8 Å². The number of nitro benzene ring substituents is 1. The highest BCUT2D eigenvalue weighted by atomic mass is 32.2. The first-order valence-corrected chi connectivity index (χ1v) is 9.18. The second-order valence-electron chi connectivity index (χ2n) is 5.68. The van der Waals surface area contributed by atoms with Crippen LogP contribution >= 0.6 is 11.8 Å². The highest BCUT2D eigenvalue weighted by Gasteiger charge is 2.16. The molecule has 0 aliphatic heterocycles. The maximum atomic E-state index is 12.0. The number of anilines is 1. The van der Waals surface area contributed by atoms with Crippen molar-refractivity contribution in [3.8, 4) is 5.75 Å². The van der Waals surface area contributed by atoms with Crippen LogP contribution in [0.25, 0.3) is 0 Å². The highest BCUT2D eigenvalue weighted by molar-refractivity contribution is 7.99. The van der Waals surface area contributed by atoms with Crippen LogP contribution in [0.4, 0.5) is 11.4 Å². The van der Waals surface area contributed by atoms with Crippen molar-refractivity contribution in [2.75, 3.05) is 11.1 Å². The molecule has 0 unspecified atom stereocenters. The molecule has 3 aromatic rings. The molecule has 0 aliphatic rings. The first kappa shape index (κ1) is 19.4. The first-order chi connectivity index (χ1) is 13.5. The number of carbonyl (C=O) groups excluding carboxylic acids is 1. The summed E-state index contributed by atoms with van der Waals surface area (Å²) in [7, 11) is 0. The molecule has 0 atom stereocenters. The maximum absolute atomic E-state index is 12.0. The van der Waals surface area contributed by atoms with Crippen LogP contribution in [-0.4, -0.2) is 26.8 Å². The third-order valence-corrected chi connectivity index (χ3v) is 4.32. The molecule has 144 valence electrons. The van der Waals surface area contributed by atoms with Crippen molar-refractivity contribution in [1.82, 2.24) is 10.2 Å². The lowest BCUT2D eigenvalue weighted by Gasteiger charge is -2.04. The molecule has 0 saturated heterocycles. The summed E-state index contributed by atoms with van der Waals surface area (Å²) in [5.74, 6) is 0.515.